The second-order valence-corrected chi connectivity index (χ2v) is 13.9. The zero-order valence-electron chi connectivity index (χ0n) is 28.0. The Balaban J connectivity index is 1.20. The minimum Gasteiger partial charge on any atom is -0.461 e. The van der Waals surface area contributed by atoms with Crippen LogP contribution in [-0.4, -0.2) is 108 Å². The number of amides is 1. The first-order chi connectivity index (χ1) is 22.8. The number of piperazine rings is 1. The third kappa shape index (κ3) is 6.03. The van der Waals surface area contributed by atoms with Crippen molar-refractivity contribution in [1.82, 2.24) is 24.7 Å². The first-order valence-corrected chi connectivity index (χ1v) is 17.0. The van der Waals surface area contributed by atoms with Gasteiger partial charge in [0.05, 0.1) is 36.3 Å². The summed E-state index contributed by atoms with van der Waals surface area (Å²) in [6, 6.07) is 16.1. The van der Waals surface area contributed by atoms with Crippen molar-refractivity contribution in [3.8, 4) is 12.1 Å². The zero-order chi connectivity index (χ0) is 32.7. The molecule has 10 nitrogen and oxygen atoms in total. The number of likely N-dealkylation sites (tertiary alicyclic amines) is 1. The molecule has 3 fully saturated rings. The first kappa shape index (κ1) is 31.4. The fraction of sp³-hybridized carbons (Fsp3) is 0.514. The number of fused-ring (bicyclic) bond motifs is 2. The van der Waals surface area contributed by atoms with E-state index in [9.17, 15) is 10.1 Å². The van der Waals surface area contributed by atoms with Crippen LogP contribution >= 0.6 is 0 Å². The number of anilines is 2. The van der Waals surface area contributed by atoms with Crippen LogP contribution in [-0.2, 0) is 17.8 Å². The van der Waals surface area contributed by atoms with E-state index in [1.807, 2.05) is 0 Å². The van der Waals surface area contributed by atoms with Crippen LogP contribution in [0.1, 0.15) is 42.5 Å². The first-order valence-electron chi connectivity index (χ1n) is 17.0. The van der Waals surface area contributed by atoms with Crippen molar-refractivity contribution in [3.63, 3.8) is 0 Å². The van der Waals surface area contributed by atoms with Crippen LogP contribution in [0.25, 0.3) is 10.8 Å². The molecule has 0 radical (unpaired) electrons. The van der Waals surface area contributed by atoms with Gasteiger partial charge in [-0.3, -0.25) is 9.69 Å². The van der Waals surface area contributed by atoms with Gasteiger partial charge in [0.2, 0.25) is 5.91 Å². The van der Waals surface area contributed by atoms with Crippen LogP contribution in [0.2, 0.25) is 0 Å². The third-order valence-corrected chi connectivity index (χ3v) is 10.9. The second-order valence-electron chi connectivity index (χ2n) is 13.9. The van der Waals surface area contributed by atoms with Crippen LogP contribution in [0.3, 0.4) is 0 Å². The van der Waals surface area contributed by atoms with Crippen molar-refractivity contribution >= 4 is 28.2 Å². The van der Waals surface area contributed by atoms with Crippen LogP contribution in [0, 0.1) is 18.3 Å². The Labute approximate surface area is 278 Å². The second kappa shape index (κ2) is 12.8. The van der Waals surface area contributed by atoms with Gasteiger partial charge in [-0.15, -0.1) is 0 Å². The molecule has 7 rings (SSSR count). The van der Waals surface area contributed by atoms with E-state index in [1.165, 1.54) is 34.5 Å². The van der Waals surface area contributed by atoms with Gasteiger partial charge in [0.25, 0.3) is 0 Å². The maximum absolute atomic E-state index is 12.6. The Kier molecular flexibility index (Phi) is 8.54. The van der Waals surface area contributed by atoms with E-state index in [-0.39, 0.29) is 23.9 Å². The van der Waals surface area contributed by atoms with Crippen LogP contribution in [0.5, 0.6) is 6.01 Å². The molecular weight excluding hydrogens is 588 g/mol. The molecule has 0 spiro atoms. The lowest BCUT2D eigenvalue weighted by Crippen LogP contribution is -2.55. The summed E-state index contributed by atoms with van der Waals surface area (Å²) in [5.41, 5.74) is 4.67. The summed E-state index contributed by atoms with van der Waals surface area (Å²) in [5, 5.41) is 12.1. The van der Waals surface area contributed by atoms with Gasteiger partial charge in [-0.05, 0) is 69.8 Å². The van der Waals surface area contributed by atoms with Crippen molar-refractivity contribution < 1.29 is 9.53 Å². The van der Waals surface area contributed by atoms with Crippen molar-refractivity contribution in [3.05, 3.63) is 65.9 Å². The van der Waals surface area contributed by atoms with E-state index in [2.05, 4.69) is 89.7 Å². The van der Waals surface area contributed by atoms with Gasteiger partial charge in [-0.25, -0.2) is 0 Å². The van der Waals surface area contributed by atoms with Gasteiger partial charge in [-0.2, -0.15) is 15.2 Å². The Bertz CT molecular complexity index is 1710. The number of hydrogen-bond acceptors (Lipinski definition) is 9. The smallest absolute Gasteiger partial charge is 0.318 e. The Morgan fingerprint density at radius 1 is 1.11 bits per heavy atom. The molecule has 4 aliphatic rings. The number of aromatic nitrogens is 2. The molecule has 1 aromatic heterocycles. The van der Waals surface area contributed by atoms with Gasteiger partial charge >= 0.3 is 6.01 Å². The molecule has 3 aliphatic heterocycles. The summed E-state index contributed by atoms with van der Waals surface area (Å²) in [6.45, 7) is 11.8. The highest BCUT2D eigenvalue weighted by Crippen LogP contribution is 2.44. The van der Waals surface area contributed by atoms with Crippen molar-refractivity contribution in [2.75, 3.05) is 69.8 Å². The number of likely N-dealkylation sites (N-methyl/N-ethyl adjacent to an activating group) is 1. The van der Waals surface area contributed by atoms with Gasteiger partial charge in [-0.1, -0.05) is 36.9 Å². The predicted octanol–water partition coefficient (Wildman–Crippen LogP) is 4.17. The maximum Gasteiger partial charge on any atom is 0.318 e. The normalized spacial score (nSPS) is 22.3. The molecule has 2 atom stereocenters. The summed E-state index contributed by atoms with van der Waals surface area (Å²) >= 11 is 0. The molecule has 10 heteroatoms. The summed E-state index contributed by atoms with van der Waals surface area (Å²) in [6.07, 6.45) is 5.85. The van der Waals surface area contributed by atoms with Crippen molar-refractivity contribution in [1.29, 1.82) is 5.26 Å². The van der Waals surface area contributed by atoms with Gasteiger partial charge < -0.3 is 24.3 Å². The number of carbonyl (C=O) groups excluding carboxylic acids is 1. The number of hydrogen-bond donors (Lipinski definition) is 0. The summed E-state index contributed by atoms with van der Waals surface area (Å²) < 4.78 is 6.57. The number of ether oxygens (including phenoxy) is 1. The number of rotatable bonds is 9. The quantitative estimate of drug-likeness (QED) is 0.322. The van der Waals surface area contributed by atoms with E-state index in [1.54, 1.807) is 4.90 Å². The van der Waals surface area contributed by atoms with E-state index in [4.69, 9.17) is 14.7 Å². The molecular formula is C37H46N8O2. The molecule has 0 N–H and O–H groups in total. The highest BCUT2D eigenvalue weighted by Gasteiger charge is 2.51. The van der Waals surface area contributed by atoms with Crippen LogP contribution in [0.15, 0.2) is 49.1 Å². The topological polar surface area (TPSA) is 92.1 Å². The largest absolute Gasteiger partial charge is 0.461 e. The third-order valence-electron chi connectivity index (χ3n) is 10.9. The highest BCUT2D eigenvalue weighted by atomic mass is 16.5. The predicted molar refractivity (Wildman–Crippen MR) is 185 cm³/mol. The Hall–Kier alpha value is -4.20. The fourth-order valence-electron chi connectivity index (χ4n) is 7.91. The van der Waals surface area contributed by atoms with Gasteiger partial charge in [0, 0.05) is 61.9 Å². The molecule has 1 saturated carbocycles. The molecule has 0 unspecified atom stereocenters. The van der Waals surface area contributed by atoms with Crippen LogP contribution < -0.4 is 14.5 Å². The monoisotopic (exact) mass is 634 g/mol. The lowest BCUT2D eigenvalue weighted by Gasteiger charge is -2.42. The standard InChI is InChI=1S/C37H46N8O2/c1-5-33(46)45-21-20-43(22-29(45)12-17-38)35-30-14-18-42(32-11-7-10-27-9-6-8-26(2)34(27)32)24-31(30)39-36(40-35)47-25-37(15-16-37)44-19-13-28(23-44)41(3)4/h5-11,28-29H,1,12-16,18-25H2,2-4H3/t28-,29-/m0/s1. The minimum atomic E-state index is -0.234. The van der Waals surface area contributed by atoms with Crippen molar-refractivity contribution in [2.24, 2.45) is 0 Å². The number of nitrogens with zero attached hydrogens (tertiary/aromatic N) is 8. The molecule has 246 valence electrons. The van der Waals surface area contributed by atoms with E-state index in [0.29, 0.717) is 44.8 Å². The molecule has 2 aromatic carbocycles. The molecule has 1 amide bonds. The molecule has 47 heavy (non-hydrogen) atoms. The molecule has 1 aliphatic carbocycles. The average molecular weight is 635 g/mol. The molecule has 2 saturated heterocycles. The lowest BCUT2D eigenvalue weighted by atomic mass is 9.99. The maximum atomic E-state index is 12.6. The molecule has 0 bridgehead atoms. The van der Waals surface area contributed by atoms with Crippen LogP contribution in [0.4, 0.5) is 11.5 Å². The zero-order valence-corrected chi connectivity index (χ0v) is 28.0. The van der Waals surface area contributed by atoms with E-state index >= 15 is 0 Å². The minimum absolute atomic E-state index is 0.0608. The molecule has 4 heterocycles. The molecule has 3 aromatic rings. The lowest BCUT2D eigenvalue weighted by molar-refractivity contribution is -0.128. The van der Waals surface area contributed by atoms with Crippen molar-refractivity contribution in [2.45, 2.75) is 63.2 Å². The average Bonchev–Trinajstić information content (AvgIpc) is 3.70. The van der Waals surface area contributed by atoms with E-state index in [0.717, 1.165) is 56.0 Å². The Morgan fingerprint density at radius 2 is 1.91 bits per heavy atom. The summed E-state index contributed by atoms with van der Waals surface area (Å²) in [7, 11) is 4.34. The SMILES string of the molecule is C=CC(=O)N1CCN(c2nc(OCC3(N4CC[C@H](N(C)C)C4)CC3)nc3c2CCN(c2cccc4cccc(C)c24)C3)C[C@@H]1CC#N. The Morgan fingerprint density at radius 3 is 2.64 bits per heavy atom. The number of benzene rings is 2. The highest BCUT2D eigenvalue weighted by molar-refractivity contribution is 5.97. The van der Waals surface area contributed by atoms with E-state index < -0.39 is 0 Å². The number of aryl methyl sites for hydroxylation is 1. The number of nitriles is 1. The summed E-state index contributed by atoms with van der Waals surface area (Å²) in [4.78, 5) is 34.2. The fourth-order valence-corrected chi connectivity index (χ4v) is 7.91. The van der Waals surface area contributed by atoms with Gasteiger partial charge in [0.15, 0.2) is 0 Å². The van der Waals surface area contributed by atoms with Gasteiger partial charge in [0.1, 0.15) is 12.4 Å². The summed E-state index contributed by atoms with van der Waals surface area (Å²) in [5.74, 6) is 0.749. The number of carbonyl (C=O) groups is 1.